The topological polar surface area (TPSA) is 71.0 Å². The van der Waals surface area contributed by atoms with Gasteiger partial charge in [0.25, 0.3) is 0 Å². The van der Waals surface area contributed by atoms with Crippen molar-refractivity contribution in [3.8, 4) is 11.4 Å². The Morgan fingerprint density at radius 1 is 1.26 bits per heavy atom. The maximum Gasteiger partial charge on any atom is 0.224 e. The number of piperidine rings is 1. The van der Waals surface area contributed by atoms with Gasteiger partial charge in [-0.2, -0.15) is 0 Å². The molecule has 2 aromatic rings. The van der Waals surface area contributed by atoms with E-state index in [-0.39, 0.29) is 11.8 Å². The van der Waals surface area contributed by atoms with Crippen molar-refractivity contribution in [1.29, 1.82) is 0 Å². The molecule has 6 heteroatoms. The molecule has 2 aromatic heterocycles. The predicted molar refractivity (Wildman–Crippen MR) is 105 cm³/mol. The Morgan fingerprint density at radius 2 is 2.11 bits per heavy atom. The van der Waals surface area contributed by atoms with Crippen molar-refractivity contribution in [3.63, 3.8) is 0 Å². The van der Waals surface area contributed by atoms with Gasteiger partial charge in [0.1, 0.15) is 5.82 Å². The van der Waals surface area contributed by atoms with Crippen molar-refractivity contribution in [2.45, 2.75) is 39.5 Å². The maximum absolute atomic E-state index is 12.6. The fourth-order valence-corrected chi connectivity index (χ4v) is 3.64. The standard InChI is InChI=1S/C21H27N5O/c1-14-15(2)24-19(17-5-3-9-22-12-17)25-20(14)26-10-4-6-18(13-26)21(27)23-11-16-7-8-16/h3,5,9,12,16,18H,4,6-8,10-11,13H2,1-2H3,(H,23,27). The van der Waals surface area contributed by atoms with E-state index >= 15 is 0 Å². The Hall–Kier alpha value is -2.50. The first kappa shape index (κ1) is 17.9. The Balaban J connectivity index is 1.54. The summed E-state index contributed by atoms with van der Waals surface area (Å²) >= 11 is 0. The molecule has 1 aliphatic carbocycles. The normalized spacial score (nSPS) is 19.8. The van der Waals surface area contributed by atoms with Crippen molar-refractivity contribution < 1.29 is 4.79 Å². The summed E-state index contributed by atoms with van der Waals surface area (Å²) in [6.07, 6.45) is 8.01. The van der Waals surface area contributed by atoms with Crippen LogP contribution in [0, 0.1) is 25.7 Å². The molecule has 0 bridgehead atoms. The van der Waals surface area contributed by atoms with Crippen LogP contribution in [0.15, 0.2) is 24.5 Å². The molecule has 1 atom stereocenters. The number of amides is 1. The molecule has 0 radical (unpaired) electrons. The fraction of sp³-hybridized carbons (Fsp3) is 0.524. The van der Waals surface area contributed by atoms with E-state index in [0.717, 1.165) is 55.1 Å². The van der Waals surface area contributed by atoms with Gasteiger partial charge in [-0.15, -0.1) is 0 Å². The van der Waals surface area contributed by atoms with Crippen LogP contribution in [0.1, 0.15) is 36.9 Å². The van der Waals surface area contributed by atoms with E-state index in [1.807, 2.05) is 19.1 Å². The highest BCUT2D eigenvalue weighted by atomic mass is 16.1. The first-order valence-corrected chi connectivity index (χ1v) is 9.90. The number of nitrogens with zero attached hydrogens (tertiary/aromatic N) is 4. The maximum atomic E-state index is 12.6. The highest BCUT2D eigenvalue weighted by molar-refractivity contribution is 5.79. The van der Waals surface area contributed by atoms with E-state index in [0.29, 0.717) is 11.7 Å². The summed E-state index contributed by atoms with van der Waals surface area (Å²) in [6, 6.07) is 3.87. The van der Waals surface area contributed by atoms with E-state index in [1.165, 1.54) is 12.8 Å². The zero-order valence-electron chi connectivity index (χ0n) is 16.1. The van der Waals surface area contributed by atoms with Crippen LogP contribution in [0.5, 0.6) is 0 Å². The lowest BCUT2D eigenvalue weighted by molar-refractivity contribution is -0.125. The van der Waals surface area contributed by atoms with Crippen LogP contribution in [0.2, 0.25) is 0 Å². The van der Waals surface area contributed by atoms with E-state index in [4.69, 9.17) is 4.98 Å². The summed E-state index contributed by atoms with van der Waals surface area (Å²) in [6.45, 7) is 6.57. The highest BCUT2D eigenvalue weighted by Gasteiger charge is 2.29. The Labute approximate surface area is 160 Å². The molecule has 2 fully saturated rings. The van der Waals surface area contributed by atoms with Gasteiger partial charge in [-0.1, -0.05) is 0 Å². The minimum Gasteiger partial charge on any atom is -0.356 e. The second-order valence-corrected chi connectivity index (χ2v) is 7.80. The lowest BCUT2D eigenvalue weighted by Gasteiger charge is -2.34. The second-order valence-electron chi connectivity index (χ2n) is 7.80. The number of carbonyl (C=O) groups is 1. The number of anilines is 1. The first-order valence-electron chi connectivity index (χ1n) is 9.90. The van der Waals surface area contributed by atoms with Crippen LogP contribution in [-0.2, 0) is 4.79 Å². The molecule has 2 aliphatic rings. The SMILES string of the molecule is Cc1nc(-c2cccnc2)nc(N2CCCC(C(=O)NCC3CC3)C2)c1C. The third-order valence-corrected chi connectivity index (χ3v) is 5.64. The highest BCUT2D eigenvalue weighted by Crippen LogP contribution is 2.29. The van der Waals surface area contributed by atoms with E-state index in [2.05, 4.69) is 27.1 Å². The number of aromatic nitrogens is 3. The van der Waals surface area contributed by atoms with E-state index in [9.17, 15) is 4.79 Å². The van der Waals surface area contributed by atoms with Crippen LogP contribution < -0.4 is 10.2 Å². The summed E-state index contributed by atoms with van der Waals surface area (Å²) in [5.41, 5.74) is 2.97. The molecule has 1 saturated carbocycles. The number of hydrogen-bond donors (Lipinski definition) is 1. The minimum atomic E-state index is 0.0361. The van der Waals surface area contributed by atoms with Crippen LogP contribution in [0.4, 0.5) is 5.82 Å². The summed E-state index contributed by atoms with van der Waals surface area (Å²) in [5, 5.41) is 3.14. The molecule has 1 amide bonds. The number of hydrogen-bond acceptors (Lipinski definition) is 5. The lowest BCUT2D eigenvalue weighted by atomic mass is 9.96. The van der Waals surface area contributed by atoms with Gasteiger partial charge in [-0.3, -0.25) is 9.78 Å². The number of carbonyl (C=O) groups excluding carboxylic acids is 1. The number of aryl methyl sites for hydroxylation is 1. The zero-order chi connectivity index (χ0) is 18.8. The molecule has 0 aromatic carbocycles. The van der Waals surface area contributed by atoms with E-state index in [1.54, 1.807) is 12.4 Å². The number of rotatable bonds is 5. The quantitative estimate of drug-likeness (QED) is 0.882. The fourth-order valence-electron chi connectivity index (χ4n) is 3.64. The summed E-state index contributed by atoms with van der Waals surface area (Å²) in [4.78, 5) is 28.5. The van der Waals surface area contributed by atoms with E-state index < -0.39 is 0 Å². The number of pyridine rings is 1. The smallest absolute Gasteiger partial charge is 0.224 e. The van der Waals surface area contributed by atoms with Crippen molar-refractivity contribution in [3.05, 3.63) is 35.8 Å². The van der Waals surface area contributed by atoms with Gasteiger partial charge < -0.3 is 10.2 Å². The average molecular weight is 365 g/mol. The second kappa shape index (κ2) is 7.62. The Bertz CT molecular complexity index is 819. The Kier molecular flexibility index (Phi) is 5.05. The molecule has 27 heavy (non-hydrogen) atoms. The van der Waals surface area contributed by atoms with Crippen molar-refractivity contribution >= 4 is 11.7 Å². The molecule has 4 rings (SSSR count). The molecule has 1 saturated heterocycles. The molecule has 142 valence electrons. The van der Waals surface area contributed by atoms with Gasteiger partial charge in [-0.05, 0) is 57.6 Å². The minimum absolute atomic E-state index is 0.0361. The molecule has 1 unspecified atom stereocenters. The predicted octanol–water partition coefficient (Wildman–Crippen LogP) is 2.90. The van der Waals surface area contributed by atoms with Crippen LogP contribution in [0.3, 0.4) is 0 Å². The third-order valence-electron chi connectivity index (χ3n) is 5.64. The molecule has 3 heterocycles. The first-order chi connectivity index (χ1) is 13.1. The average Bonchev–Trinajstić information content (AvgIpc) is 3.53. The lowest BCUT2D eigenvalue weighted by Crippen LogP contribution is -2.44. The van der Waals surface area contributed by atoms with Gasteiger partial charge in [0, 0.05) is 48.8 Å². The van der Waals surface area contributed by atoms with Crippen LogP contribution in [-0.4, -0.2) is 40.5 Å². The number of nitrogens with one attached hydrogen (secondary N) is 1. The summed E-state index contributed by atoms with van der Waals surface area (Å²) in [7, 11) is 0. The molecule has 0 spiro atoms. The van der Waals surface area contributed by atoms with Crippen LogP contribution >= 0.6 is 0 Å². The third kappa shape index (κ3) is 4.10. The summed E-state index contributed by atoms with van der Waals surface area (Å²) in [5.74, 6) is 2.58. The van der Waals surface area contributed by atoms with Crippen molar-refractivity contribution in [1.82, 2.24) is 20.3 Å². The Morgan fingerprint density at radius 3 is 2.85 bits per heavy atom. The van der Waals surface area contributed by atoms with Gasteiger partial charge in [0.2, 0.25) is 5.91 Å². The van der Waals surface area contributed by atoms with Gasteiger partial charge >= 0.3 is 0 Å². The molecular formula is C21H27N5O. The molecule has 1 aliphatic heterocycles. The van der Waals surface area contributed by atoms with Crippen molar-refractivity contribution in [2.75, 3.05) is 24.5 Å². The monoisotopic (exact) mass is 365 g/mol. The summed E-state index contributed by atoms with van der Waals surface area (Å²) < 4.78 is 0. The van der Waals surface area contributed by atoms with Crippen LogP contribution in [0.25, 0.3) is 11.4 Å². The molecule has 1 N–H and O–H groups in total. The molecule has 6 nitrogen and oxygen atoms in total. The molecular weight excluding hydrogens is 338 g/mol. The van der Waals surface area contributed by atoms with Gasteiger partial charge in [0.05, 0.1) is 5.92 Å². The van der Waals surface area contributed by atoms with Gasteiger partial charge in [-0.25, -0.2) is 9.97 Å². The van der Waals surface area contributed by atoms with Crippen molar-refractivity contribution in [2.24, 2.45) is 11.8 Å². The largest absolute Gasteiger partial charge is 0.356 e. The van der Waals surface area contributed by atoms with Gasteiger partial charge in [0.15, 0.2) is 5.82 Å². The zero-order valence-corrected chi connectivity index (χ0v) is 16.1.